The first-order valence-electron chi connectivity index (χ1n) is 9.24. The van der Waals surface area contributed by atoms with Crippen molar-refractivity contribution in [2.24, 2.45) is 0 Å². The van der Waals surface area contributed by atoms with Gasteiger partial charge in [-0.2, -0.15) is 5.10 Å². The van der Waals surface area contributed by atoms with E-state index < -0.39 is 5.97 Å². The minimum atomic E-state index is -1.13. The summed E-state index contributed by atoms with van der Waals surface area (Å²) in [5.41, 5.74) is 1.54. The number of nitrogens with zero attached hydrogens (tertiary/aromatic N) is 4. The number of aryl methyl sites for hydroxylation is 1. The maximum atomic E-state index is 12.0. The van der Waals surface area contributed by atoms with Crippen molar-refractivity contribution < 1.29 is 14.4 Å². The van der Waals surface area contributed by atoms with Crippen LogP contribution in [0.5, 0.6) is 0 Å². The number of hydrogen-bond acceptors (Lipinski definition) is 6. The summed E-state index contributed by atoms with van der Waals surface area (Å²) in [6.45, 7) is 0.594. The normalized spacial score (nSPS) is 11.9. The molecular formula is C21H18ClN5O3. The smallest absolute Gasteiger partial charge is 0.343 e. The molecule has 152 valence electrons. The van der Waals surface area contributed by atoms with Crippen molar-refractivity contribution in [1.82, 2.24) is 19.9 Å². The lowest BCUT2D eigenvalue weighted by atomic mass is 10.0. The Kier molecular flexibility index (Phi) is 5.76. The van der Waals surface area contributed by atoms with Gasteiger partial charge < -0.3 is 14.9 Å². The Morgan fingerprint density at radius 1 is 1.17 bits per heavy atom. The maximum absolute atomic E-state index is 12.0. The second kappa shape index (κ2) is 8.79. The quantitative estimate of drug-likeness (QED) is 0.428. The lowest BCUT2D eigenvalue weighted by Crippen LogP contribution is -2.16. The highest BCUT2D eigenvalue weighted by molar-refractivity contribution is 6.30. The first-order chi connectivity index (χ1) is 14.6. The maximum Gasteiger partial charge on any atom is 0.343 e. The number of rotatable bonds is 8. The van der Waals surface area contributed by atoms with Crippen molar-refractivity contribution in [1.29, 1.82) is 0 Å². The Bertz CT molecular complexity index is 1110. The van der Waals surface area contributed by atoms with Gasteiger partial charge in [0.25, 0.3) is 0 Å². The molecule has 2 aromatic carbocycles. The Morgan fingerprint density at radius 2 is 1.93 bits per heavy atom. The molecule has 0 aliphatic heterocycles. The lowest BCUT2D eigenvalue weighted by molar-refractivity contribution is 0.0698. The van der Waals surface area contributed by atoms with Crippen molar-refractivity contribution in [2.45, 2.75) is 19.0 Å². The average Bonchev–Trinajstić information content (AvgIpc) is 3.42. The first kappa shape index (κ1) is 19.7. The average molecular weight is 424 g/mol. The van der Waals surface area contributed by atoms with Gasteiger partial charge in [0.15, 0.2) is 17.1 Å². The zero-order valence-corrected chi connectivity index (χ0v) is 16.5. The number of nitrogens with one attached hydrogen (secondary N) is 1. The van der Waals surface area contributed by atoms with Crippen molar-refractivity contribution in [2.75, 3.05) is 5.32 Å². The van der Waals surface area contributed by atoms with Gasteiger partial charge >= 0.3 is 5.97 Å². The molecule has 0 radical (unpaired) electrons. The Labute approximate surface area is 177 Å². The molecule has 30 heavy (non-hydrogen) atoms. The summed E-state index contributed by atoms with van der Waals surface area (Å²) >= 11 is 5.93. The highest BCUT2D eigenvalue weighted by atomic mass is 35.5. The molecule has 8 nitrogen and oxygen atoms in total. The molecule has 1 unspecified atom stereocenters. The Morgan fingerprint density at radius 3 is 2.60 bits per heavy atom. The number of carbonyl (C=O) groups is 1. The van der Waals surface area contributed by atoms with E-state index in [0.29, 0.717) is 23.6 Å². The zero-order valence-electron chi connectivity index (χ0n) is 15.8. The van der Waals surface area contributed by atoms with Gasteiger partial charge in [-0.25, -0.2) is 9.78 Å². The van der Waals surface area contributed by atoms with E-state index >= 15 is 0 Å². The fourth-order valence-electron chi connectivity index (χ4n) is 3.17. The third-order valence-electron chi connectivity index (χ3n) is 4.64. The highest BCUT2D eigenvalue weighted by Crippen LogP contribution is 2.33. The molecule has 2 aromatic heterocycles. The predicted molar refractivity (Wildman–Crippen MR) is 111 cm³/mol. The molecule has 0 saturated carbocycles. The summed E-state index contributed by atoms with van der Waals surface area (Å²) in [6.07, 6.45) is 3.75. The molecule has 0 spiro atoms. The molecule has 0 saturated heterocycles. The second-order valence-corrected chi connectivity index (χ2v) is 7.04. The van der Waals surface area contributed by atoms with E-state index in [-0.39, 0.29) is 23.2 Å². The topological polar surface area (TPSA) is 106 Å². The molecular weight excluding hydrogens is 406 g/mol. The van der Waals surface area contributed by atoms with Crippen LogP contribution in [-0.2, 0) is 6.54 Å². The molecule has 0 amide bonds. The number of carboxylic acid groups (broad SMARTS) is 1. The van der Waals surface area contributed by atoms with Crippen molar-refractivity contribution in [3.63, 3.8) is 0 Å². The van der Waals surface area contributed by atoms with Crippen LogP contribution in [-0.4, -0.2) is 31.0 Å². The molecule has 0 bridgehead atoms. The minimum absolute atomic E-state index is 0.0287. The lowest BCUT2D eigenvalue weighted by Gasteiger charge is -2.19. The van der Waals surface area contributed by atoms with E-state index in [1.54, 1.807) is 35.3 Å². The molecule has 1 atom stereocenters. The number of halogens is 1. The van der Waals surface area contributed by atoms with Crippen molar-refractivity contribution in [3.8, 4) is 11.3 Å². The van der Waals surface area contributed by atoms with Crippen molar-refractivity contribution >= 4 is 23.4 Å². The van der Waals surface area contributed by atoms with E-state index in [1.807, 2.05) is 30.3 Å². The largest absolute Gasteiger partial charge is 0.477 e. The van der Waals surface area contributed by atoms with Gasteiger partial charge in [0.1, 0.15) is 12.7 Å². The van der Waals surface area contributed by atoms with Crippen LogP contribution in [0.1, 0.15) is 28.4 Å². The number of hydrogen-bond donors (Lipinski definition) is 2. The van der Waals surface area contributed by atoms with Crippen LogP contribution in [0.2, 0.25) is 5.02 Å². The summed E-state index contributed by atoms with van der Waals surface area (Å²) in [5, 5.41) is 21.7. The van der Waals surface area contributed by atoms with Crippen LogP contribution in [0.3, 0.4) is 0 Å². The molecule has 2 heterocycles. The van der Waals surface area contributed by atoms with Crippen LogP contribution >= 0.6 is 11.6 Å². The number of carboxylic acids is 1. The van der Waals surface area contributed by atoms with E-state index in [0.717, 1.165) is 5.56 Å². The Hall–Kier alpha value is -3.65. The van der Waals surface area contributed by atoms with E-state index in [2.05, 4.69) is 20.6 Å². The summed E-state index contributed by atoms with van der Waals surface area (Å²) in [6, 6.07) is 16.2. The predicted octanol–water partition coefficient (Wildman–Crippen LogP) is 4.53. The first-order valence-corrected chi connectivity index (χ1v) is 9.62. The van der Waals surface area contributed by atoms with Gasteiger partial charge in [0.2, 0.25) is 0 Å². The standard InChI is InChI=1S/C21H18ClN5O3/c22-16-8-6-15(7-9-16)19-18(21(28)29)20(26-30-19)25-17(14-4-2-1-3-5-14)10-11-27-13-23-12-24-27/h1-9,12-13,17H,10-11H2,(H,25,26)(H,28,29). The van der Waals surface area contributed by atoms with Crippen LogP contribution in [0.4, 0.5) is 5.82 Å². The van der Waals surface area contributed by atoms with Crippen LogP contribution < -0.4 is 5.32 Å². The zero-order chi connectivity index (χ0) is 20.9. The SMILES string of the molecule is O=C(O)c1c(NC(CCn2cncn2)c2ccccc2)noc1-c1ccc(Cl)cc1. The number of benzene rings is 2. The highest BCUT2D eigenvalue weighted by Gasteiger charge is 2.26. The molecule has 4 rings (SSSR count). The van der Waals surface area contributed by atoms with E-state index in [4.69, 9.17) is 16.1 Å². The number of anilines is 1. The third kappa shape index (κ3) is 4.33. The molecule has 0 fully saturated rings. The molecule has 0 aliphatic carbocycles. The summed E-state index contributed by atoms with van der Waals surface area (Å²) in [4.78, 5) is 16.0. The van der Waals surface area contributed by atoms with Gasteiger partial charge in [-0.05, 0) is 36.2 Å². The van der Waals surface area contributed by atoms with Gasteiger partial charge in [-0.15, -0.1) is 0 Å². The van der Waals surface area contributed by atoms with Crippen LogP contribution in [0, 0.1) is 0 Å². The summed E-state index contributed by atoms with van der Waals surface area (Å²) < 4.78 is 7.13. The number of aromatic nitrogens is 4. The summed E-state index contributed by atoms with van der Waals surface area (Å²) in [7, 11) is 0. The number of aromatic carboxylic acids is 1. The van der Waals surface area contributed by atoms with Gasteiger partial charge in [-0.1, -0.05) is 47.1 Å². The Balaban J connectivity index is 1.65. The molecule has 4 aromatic rings. The fourth-order valence-corrected chi connectivity index (χ4v) is 3.29. The molecule has 2 N–H and O–H groups in total. The minimum Gasteiger partial charge on any atom is -0.477 e. The van der Waals surface area contributed by atoms with Gasteiger partial charge in [0, 0.05) is 17.1 Å². The monoisotopic (exact) mass is 423 g/mol. The van der Waals surface area contributed by atoms with E-state index in [1.165, 1.54) is 6.33 Å². The van der Waals surface area contributed by atoms with E-state index in [9.17, 15) is 9.90 Å². The van der Waals surface area contributed by atoms with Crippen molar-refractivity contribution in [3.05, 3.63) is 83.4 Å². The third-order valence-corrected chi connectivity index (χ3v) is 4.89. The summed E-state index contributed by atoms with van der Waals surface area (Å²) in [5.74, 6) is -0.795. The van der Waals surface area contributed by atoms with Gasteiger partial charge in [0.05, 0.1) is 6.04 Å². The fraction of sp³-hybridized carbons (Fsp3) is 0.143. The molecule has 0 aliphatic rings. The molecule has 9 heteroatoms. The van der Waals surface area contributed by atoms with Gasteiger partial charge in [-0.3, -0.25) is 4.68 Å². The van der Waals surface area contributed by atoms with Crippen LogP contribution in [0.25, 0.3) is 11.3 Å². The van der Waals surface area contributed by atoms with Crippen LogP contribution in [0.15, 0.2) is 71.8 Å². The second-order valence-electron chi connectivity index (χ2n) is 6.60.